The first-order chi connectivity index (χ1) is 10.1. The molecular weight excluding hydrogens is 288 g/mol. The van der Waals surface area contributed by atoms with E-state index in [2.05, 4.69) is 4.98 Å². The van der Waals surface area contributed by atoms with Crippen LogP contribution in [0.3, 0.4) is 0 Å². The number of amides is 2. The fourth-order valence-corrected chi connectivity index (χ4v) is 2.65. The summed E-state index contributed by atoms with van der Waals surface area (Å²) in [5, 5.41) is 0.658. The number of hydrogen-bond acceptors (Lipinski definition) is 3. The lowest BCUT2D eigenvalue weighted by molar-refractivity contribution is -0.122. The summed E-state index contributed by atoms with van der Waals surface area (Å²) in [6.45, 7) is 0. The quantitative estimate of drug-likeness (QED) is 0.819. The lowest BCUT2D eigenvalue weighted by Gasteiger charge is -2.14. The Bertz CT molecular complexity index is 670. The SMILES string of the molecule is O=C1C[C@@H](Cc2ccc(Cl)cc2)C(=O)N1c1ccncc1. The van der Waals surface area contributed by atoms with Crippen LogP contribution in [0.5, 0.6) is 0 Å². The minimum atomic E-state index is -0.313. The Morgan fingerprint density at radius 2 is 1.76 bits per heavy atom. The number of benzene rings is 1. The topological polar surface area (TPSA) is 50.3 Å². The highest BCUT2D eigenvalue weighted by atomic mass is 35.5. The molecule has 1 aliphatic rings. The molecule has 1 aliphatic heterocycles. The number of carbonyl (C=O) groups is 2. The van der Waals surface area contributed by atoms with Crippen LogP contribution in [0.4, 0.5) is 5.69 Å². The highest BCUT2D eigenvalue weighted by Gasteiger charge is 2.39. The molecule has 0 unspecified atom stereocenters. The van der Waals surface area contributed by atoms with Gasteiger partial charge in [0.05, 0.1) is 11.6 Å². The highest BCUT2D eigenvalue weighted by molar-refractivity contribution is 6.30. The predicted octanol–water partition coefficient (Wildman–Crippen LogP) is 2.86. The average Bonchev–Trinajstić information content (AvgIpc) is 2.77. The van der Waals surface area contributed by atoms with Gasteiger partial charge < -0.3 is 0 Å². The van der Waals surface area contributed by atoms with E-state index in [9.17, 15) is 9.59 Å². The third-order valence-corrected chi connectivity index (χ3v) is 3.81. The van der Waals surface area contributed by atoms with Crippen molar-refractivity contribution in [2.45, 2.75) is 12.8 Å². The second-order valence-corrected chi connectivity index (χ2v) is 5.44. The van der Waals surface area contributed by atoms with E-state index in [1.807, 2.05) is 12.1 Å². The van der Waals surface area contributed by atoms with Gasteiger partial charge in [-0.15, -0.1) is 0 Å². The second kappa shape index (κ2) is 5.66. The van der Waals surface area contributed by atoms with Crippen molar-refractivity contribution in [3.8, 4) is 0 Å². The molecule has 1 saturated heterocycles. The molecule has 2 heterocycles. The van der Waals surface area contributed by atoms with Gasteiger partial charge in [0.25, 0.3) is 0 Å². The summed E-state index contributed by atoms with van der Waals surface area (Å²) < 4.78 is 0. The molecule has 0 N–H and O–H groups in total. The number of anilines is 1. The fraction of sp³-hybridized carbons (Fsp3) is 0.188. The molecule has 4 nitrogen and oxygen atoms in total. The van der Waals surface area contributed by atoms with Crippen LogP contribution in [0.1, 0.15) is 12.0 Å². The molecule has 1 aromatic carbocycles. The Balaban J connectivity index is 1.79. The largest absolute Gasteiger partial charge is 0.274 e. The molecule has 0 aliphatic carbocycles. The smallest absolute Gasteiger partial charge is 0.237 e. The Labute approximate surface area is 127 Å². The molecule has 21 heavy (non-hydrogen) atoms. The van der Waals surface area contributed by atoms with Crippen molar-refractivity contribution in [3.63, 3.8) is 0 Å². The third-order valence-electron chi connectivity index (χ3n) is 3.56. The monoisotopic (exact) mass is 300 g/mol. The van der Waals surface area contributed by atoms with Crippen LogP contribution >= 0.6 is 11.6 Å². The zero-order valence-electron chi connectivity index (χ0n) is 11.2. The van der Waals surface area contributed by atoms with Crippen LogP contribution in [0.2, 0.25) is 5.02 Å². The van der Waals surface area contributed by atoms with Crippen molar-refractivity contribution >= 4 is 29.1 Å². The summed E-state index contributed by atoms with van der Waals surface area (Å²) in [4.78, 5) is 29.7. The summed E-state index contributed by atoms with van der Waals surface area (Å²) in [6.07, 6.45) is 3.93. The molecule has 0 bridgehead atoms. The Kier molecular flexibility index (Phi) is 3.71. The lowest BCUT2D eigenvalue weighted by atomic mass is 9.98. The van der Waals surface area contributed by atoms with Crippen molar-refractivity contribution in [1.82, 2.24) is 4.98 Å². The Morgan fingerprint density at radius 3 is 2.43 bits per heavy atom. The van der Waals surface area contributed by atoms with Crippen molar-refractivity contribution in [2.24, 2.45) is 5.92 Å². The number of rotatable bonds is 3. The number of pyridine rings is 1. The first kappa shape index (κ1) is 13.8. The van der Waals surface area contributed by atoms with Gasteiger partial charge >= 0.3 is 0 Å². The molecule has 1 fully saturated rings. The number of nitrogens with zero attached hydrogens (tertiary/aromatic N) is 2. The van der Waals surface area contributed by atoms with Crippen molar-refractivity contribution in [3.05, 3.63) is 59.4 Å². The van der Waals surface area contributed by atoms with Crippen molar-refractivity contribution in [2.75, 3.05) is 4.90 Å². The van der Waals surface area contributed by atoms with Crippen LogP contribution in [0.25, 0.3) is 0 Å². The van der Waals surface area contributed by atoms with Gasteiger partial charge in [-0.2, -0.15) is 0 Å². The summed E-state index contributed by atoms with van der Waals surface area (Å²) in [7, 11) is 0. The third kappa shape index (κ3) is 2.81. The van der Waals surface area contributed by atoms with Crippen molar-refractivity contribution in [1.29, 1.82) is 0 Å². The fourth-order valence-electron chi connectivity index (χ4n) is 2.52. The predicted molar refractivity (Wildman–Crippen MR) is 80.0 cm³/mol. The maximum absolute atomic E-state index is 12.4. The average molecular weight is 301 g/mol. The normalized spacial score (nSPS) is 18.3. The first-order valence-corrected chi connectivity index (χ1v) is 7.04. The molecule has 2 amide bonds. The standard InChI is InChI=1S/C16H13ClN2O2/c17-13-3-1-11(2-4-13)9-12-10-15(20)19(16(12)21)14-5-7-18-8-6-14/h1-8,12H,9-10H2/t12-/m1/s1. The second-order valence-electron chi connectivity index (χ2n) is 5.00. The maximum Gasteiger partial charge on any atom is 0.237 e. The molecule has 0 saturated carbocycles. The van der Waals surface area contributed by atoms with E-state index in [0.29, 0.717) is 17.1 Å². The van der Waals surface area contributed by atoms with Crippen LogP contribution in [-0.2, 0) is 16.0 Å². The molecule has 5 heteroatoms. The van der Waals surface area contributed by atoms with Crippen LogP contribution in [-0.4, -0.2) is 16.8 Å². The molecule has 1 atom stereocenters. The van der Waals surface area contributed by atoms with Gasteiger partial charge in [0.2, 0.25) is 11.8 Å². The molecule has 3 rings (SSSR count). The Hall–Kier alpha value is -2.20. The summed E-state index contributed by atoms with van der Waals surface area (Å²) >= 11 is 5.85. The molecular formula is C16H13ClN2O2. The van der Waals surface area contributed by atoms with Gasteiger partial charge in [-0.1, -0.05) is 23.7 Å². The van der Waals surface area contributed by atoms with Gasteiger partial charge in [-0.25, -0.2) is 0 Å². The van der Waals surface area contributed by atoms with E-state index in [1.165, 1.54) is 4.90 Å². The number of halogens is 1. The lowest BCUT2D eigenvalue weighted by Crippen LogP contribution is -2.30. The highest BCUT2D eigenvalue weighted by Crippen LogP contribution is 2.28. The van der Waals surface area contributed by atoms with Crippen LogP contribution < -0.4 is 4.90 Å². The molecule has 2 aromatic rings. The number of aromatic nitrogens is 1. The Morgan fingerprint density at radius 1 is 1.10 bits per heavy atom. The van der Waals surface area contributed by atoms with E-state index in [0.717, 1.165) is 5.56 Å². The van der Waals surface area contributed by atoms with E-state index >= 15 is 0 Å². The minimum Gasteiger partial charge on any atom is -0.274 e. The maximum atomic E-state index is 12.4. The van der Waals surface area contributed by atoms with Crippen LogP contribution in [0.15, 0.2) is 48.8 Å². The molecule has 0 spiro atoms. The summed E-state index contributed by atoms with van der Waals surface area (Å²) in [5.74, 6) is -0.627. The van der Waals surface area contributed by atoms with E-state index in [4.69, 9.17) is 11.6 Å². The summed E-state index contributed by atoms with van der Waals surface area (Å²) in [6, 6.07) is 10.7. The van der Waals surface area contributed by atoms with Gasteiger partial charge in [0, 0.05) is 23.8 Å². The van der Waals surface area contributed by atoms with E-state index in [1.54, 1.807) is 36.7 Å². The van der Waals surface area contributed by atoms with Crippen molar-refractivity contribution < 1.29 is 9.59 Å². The minimum absolute atomic E-state index is 0.152. The zero-order valence-corrected chi connectivity index (χ0v) is 12.0. The van der Waals surface area contributed by atoms with Gasteiger partial charge in [0.1, 0.15) is 0 Å². The summed E-state index contributed by atoms with van der Waals surface area (Å²) in [5.41, 5.74) is 1.58. The first-order valence-electron chi connectivity index (χ1n) is 6.66. The van der Waals surface area contributed by atoms with E-state index < -0.39 is 0 Å². The number of hydrogen-bond donors (Lipinski definition) is 0. The van der Waals surface area contributed by atoms with Gasteiger partial charge in [-0.3, -0.25) is 19.5 Å². The number of imide groups is 1. The molecule has 1 aromatic heterocycles. The van der Waals surface area contributed by atoms with E-state index in [-0.39, 0.29) is 24.2 Å². The van der Waals surface area contributed by atoms with Crippen LogP contribution in [0, 0.1) is 5.92 Å². The van der Waals surface area contributed by atoms with Gasteiger partial charge in [-0.05, 0) is 36.2 Å². The molecule has 106 valence electrons. The van der Waals surface area contributed by atoms with Gasteiger partial charge in [0.15, 0.2) is 0 Å². The molecule has 0 radical (unpaired) electrons. The zero-order chi connectivity index (χ0) is 14.8. The number of carbonyl (C=O) groups excluding carboxylic acids is 2.